The van der Waals surface area contributed by atoms with Crippen LogP contribution >= 0.6 is 11.6 Å². The molecular weight excluding hydrogens is 312 g/mol. The van der Waals surface area contributed by atoms with Crippen molar-refractivity contribution in [2.75, 3.05) is 25.9 Å². The van der Waals surface area contributed by atoms with E-state index in [-0.39, 0.29) is 0 Å². The van der Waals surface area contributed by atoms with Crippen LogP contribution in [0.2, 0.25) is 5.02 Å². The lowest BCUT2D eigenvalue weighted by molar-refractivity contribution is 0.418. The van der Waals surface area contributed by atoms with Crippen LogP contribution in [0.25, 0.3) is 0 Å². The molecule has 0 amide bonds. The Balaban J connectivity index is 2.42. The Morgan fingerprint density at radius 2 is 2.05 bits per heavy atom. The van der Waals surface area contributed by atoms with Gasteiger partial charge in [-0.05, 0) is 26.8 Å². The molecule has 1 N–H and O–H groups in total. The summed E-state index contributed by atoms with van der Waals surface area (Å²) in [7, 11) is -3.10. The van der Waals surface area contributed by atoms with E-state index in [0.29, 0.717) is 24.7 Å². The minimum absolute atomic E-state index is 0.506. The molecule has 0 saturated heterocycles. The van der Waals surface area contributed by atoms with E-state index in [0.717, 1.165) is 30.9 Å². The van der Waals surface area contributed by atoms with E-state index in [1.54, 1.807) is 0 Å². The average molecular weight is 337 g/mol. The van der Waals surface area contributed by atoms with Crippen molar-refractivity contribution in [1.29, 1.82) is 0 Å². The maximum atomic E-state index is 11.5. The highest BCUT2D eigenvalue weighted by Crippen LogP contribution is 2.19. The summed E-state index contributed by atoms with van der Waals surface area (Å²) >= 11 is 6.23. The molecule has 0 fully saturated rings. The van der Waals surface area contributed by atoms with Crippen molar-refractivity contribution in [2.24, 2.45) is 0 Å². The lowest BCUT2D eigenvalue weighted by Crippen LogP contribution is -2.32. The summed E-state index contributed by atoms with van der Waals surface area (Å²) < 4.78 is 26.3. The van der Waals surface area contributed by atoms with Crippen molar-refractivity contribution in [3.63, 3.8) is 0 Å². The largest absolute Gasteiger partial charge is 0.311 e. The molecule has 0 aliphatic rings. The fourth-order valence-corrected chi connectivity index (χ4v) is 3.32. The van der Waals surface area contributed by atoms with Crippen molar-refractivity contribution >= 4 is 21.6 Å². The number of aryl methyl sites for hydroxylation is 2. The van der Waals surface area contributed by atoms with Gasteiger partial charge in [-0.1, -0.05) is 18.5 Å². The van der Waals surface area contributed by atoms with Gasteiger partial charge in [0.1, 0.15) is 0 Å². The second-order valence-electron chi connectivity index (χ2n) is 4.95. The smallest absolute Gasteiger partial charge is 0.211 e. The number of hydrogen-bond acceptors (Lipinski definition) is 4. The number of hydrogen-bond donors (Lipinski definition) is 1. The quantitative estimate of drug-likeness (QED) is 0.696. The highest BCUT2D eigenvalue weighted by atomic mass is 35.5. The third-order valence-electron chi connectivity index (χ3n) is 3.33. The van der Waals surface area contributed by atoms with Crippen molar-refractivity contribution in [1.82, 2.24) is 19.4 Å². The van der Waals surface area contributed by atoms with Crippen molar-refractivity contribution in [3.8, 4) is 0 Å². The van der Waals surface area contributed by atoms with Gasteiger partial charge in [0.2, 0.25) is 10.0 Å². The highest BCUT2D eigenvalue weighted by molar-refractivity contribution is 7.88. The summed E-state index contributed by atoms with van der Waals surface area (Å²) in [4.78, 5) is 0. The molecule has 0 saturated carbocycles. The molecule has 0 aliphatic heterocycles. The molecule has 1 rings (SSSR count). The monoisotopic (exact) mass is 336 g/mol. The number of halogens is 1. The lowest BCUT2D eigenvalue weighted by atomic mass is 10.3. The Labute approximate surface area is 132 Å². The van der Waals surface area contributed by atoms with Gasteiger partial charge in [-0.2, -0.15) is 5.10 Å². The molecule has 1 heterocycles. The van der Waals surface area contributed by atoms with Crippen LogP contribution in [-0.4, -0.2) is 48.4 Å². The van der Waals surface area contributed by atoms with Crippen LogP contribution in [0.4, 0.5) is 0 Å². The maximum absolute atomic E-state index is 11.5. The SMILES string of the molecule is CCN(CCCNCc1c(Cl)c(C)nn1CC)S(C)(=O)=O. The second kappa shape index (κ2) is 8.12. The number of sulfonamides is 1. The van der Waals surface area contributed by atoms with Gasteiger partial charge in [-0.25, -0.2) is 12.7 Å². The summed E-state index contributed by atoms with van der Waals surface area (Å²) in [5, 5.41) is 8.36. The van der Waals surface area contributed by atoms with Gasteiger partial charge in [0, 0.05) is 26.2 Å². The van der Waals surface area contributed by atoms with E-state index < -0.39 is 10.0 Å². The van der Waals surface area contributed by atoms with E-state index in [2.05, 4.69) is 10.4 Å². The molecule has 0 atom stereocenters. The number of nitrogens with zero attached hydrogens (tertiary/aromatic N) is 3. The van der Waals surface area contributed by atoms with E-state index in [1.165, 1.54) is 10.6 Å². The summed E-state index contributed by atoms with van der Waals surface area (Å²) in [5.41, 5.74) is 1.82. The Bertz CT molecular complexity index is 557. The van der Waals surface area contributed by atoms with Crippen molar-refractivity contribution in [2.45, 2.75) is 40.3 Å². The standard InChI is InChI=1S/C13H25ClN4O2S/c1-5-17(21(4,19)20)9-7-8-15-10-12-13(14)11(3)16-18(12)6-2/h15H,5-10H2,1-4H3. The molecular formula is C13H25ClN4O2S. The van der Waals surface area contributed by atoms with Gasteiger partial charge in [0.25, 0.3) is 0 Å². The zero-order valence-corrected chi connectivity index (χ0v) is 14.8. The molecule has 0 aromatic carbocycles. The topological polar surface area (TPSA) is 67.2 Å². The molecule has 8 heteroatoms. The van der Waals surface area contributed by atoms with E-state index in [1.807, 2.05) is 25.5 Å². The Kier molecular flexibility index (Phi) is 7.12. The van der Waals surface area contributed by atoms with Crippen LogP contribution in [-0.2, 0) is 23.1 Å². The summed E-state index contributed by atoms with van der Waals surface area (Å²) in [6.45, 7) is 8.95. The average Bonchev–Trinajstić information content (AvgIpc) is 2.68. The Hall–Kier alpha value is -0.630. The summed E-state index contributed by atoms with van der Waals surface area (Å²) in [6.07, 6.45) is 2.00. The molecule has 0 bridgehead atoms. The first-order chi connectivity index (χ1) is 9.81. The molecule has 122 valence electrons. The highest BCUT2D eigenvalue weighted by Gasteiger charge is 2.14. The number of aromatic nitrogens is 2. The predicted molar refractivity (Wildman–Crippen MR) is 86.1 cm³/mol. The van der Waals surface area contributed by atoms with Gasteiger partial charge >= 0.3 is 0 Å². The van der Waals surface area contributed by atoms with E-state index >= 15 is 0 Å². The van der Waals surface area contributed by atoms with Crippen LogP contribution in [0.15, 0.2) is 0 Å². The summed E-state index contributed by atoms with van der Waals surface area (Å²) in [6, 6.07) is 0. The predicted octanol–water partition coefficient (Wildman–Crippen LogP) is 1.63. The van der Waals surface area contributed by atoms with Gasteiger partial charge in [0.05, 0.1) is 22.7 Å². The van der Waals surface area contributed by atoms with Crippen LogP contribution < -0.4 is 5.32 Å². The molecule has 1 aromatic heterocycles. The zero-order valence-electron chi connectivity index (χ0n) is 13.2. The minimum Gasteiger partial charge on any atom is -0.311 e. The molecule has 21 heavy (non-hydrogen) atoms. The molecule has 0 aliphatic carbocycles. The van der Waals surface area contributed by atoms with Gasteiger partial charge in [-0.15, -0.1) is 0 Å². The minimum atomic E-state index is -3.10. The van der Waals surface area contributed by atoms with Crippen molar-refractivity contribution in [3.05, 3.63) is 16.4 Å². The fraction of sp³-hybridized carbons (Fsp3) is 0.769. The van der Waals surface area contributed by atoms with Gasteiger partial charge < -0.3 is 5.32 Å². The fourth-order valence-electron chi connectivity index (χ4n) is 2.18. The number of nitrogens with one attached hydrogen (secondary N) is 1. The van der Waals surface area contributed by atoms with E-state index in [9.17, 15) is 8.42 Å². The second-order valence-corrected chi connectivity index (χ2v) is 7.31. The lowest BCUT2D eigenvalue weighted by Gasteiger charge is -2.17. The molecule has 0 unspecified atom stereocenters. The number of rotatable bonds is 9. The van der Waals surface area contributed by atoms with E-state index in [4.69, 9.17) is 11.6 Å². The third-order valence-corrected chi connectivity index (χ3v) is 5.20. The van der Waals surface area contributed by atoms with Crippen LogP contribution in [0.3, 0.4) is 0 Å². The zero-order chi connectivity index (χ0) is 16.0. The first kappa shape index (κ1) is 18.4. The molecule has 0 spiro atoms. The molecule has 0 radical (unpaired) electrons. The summed E-state index contributed by atoms with van der Waals surface area (Å²) in [5.74, 6) is 0. The first-order valence-electron chi connectivity index (χ1n) is 7.18. The molecule has 1 aromatic rings. The van der Waals surface area contributed by atoms with Crippen molar-refractivity contribution < 1.29 is 8.42 Å². The van der Waals surface area contributed by atoms with Crippen LogP contribution in [0, 0.1) is 6.92 Å². The third kappa shape index (κ3) is 5.25. The molecule has 6 nitrogen and oxygen atoms in total. The maximum Gasteiger partial charge on any atom is 0.211 e. The van der Waals surface area contributed by atoms with Crippen LogP contribution in [0.1, 0.15) is 31.7 Å². The normalized spacial score (nSPS) is 12.3. The van der Waals surface area contributed by atoms with Gasteiger partial charge in [0.15, 0.2) is 0 Å². The Morgan fingerprint density at radius 3 is 2.57 bits per heavy atom. The van der Waals surface area contributed by atoms with Crippen LogP contribution in [0.5, 0.6) is 0 Å². The first-order valence-corrected chi connectivity index (χ1v) is 9.41. The Morgan fingerprint density at radius 1 is 1.38 bits per heavy atom. The van der Waals surface area contributed by atoms with Gasteiger partial charge in [-0.3, -0.25) is 4.68 Å².